The standard InChI is InChI=1S/C24H23N5O/c1-2-13-26-24(30)21-15-22(29-23(28-21)17-8-4-3-5-9-17)25-14-12-18-16-27-20-11-7-6-10-19(18)20/h2-11,15-16,27H,1,12-14H2,(H,26,30)(H,25,28,29). The predicted molar refractivity (Wildman–Crippen MR) is 120 cm³/mol. The number of aromatic amines is 1. The first-order chi connectivity index (χ1) is 14.7. The normalized spacial score (nSPS) is 10.7. The largest absolute Gasteiger partial charge is 0.370 e. The highest BCUT2D eigenvalue weighted by Crippen LogP contribution is 2.20. The van der Waals surface area contributed by atoms with Gasteiger partial charge in [-0.2, -0.15) is 0 Å². The highest BCUT2D eigenvalue weighted by Gasteiger charge is 2.13. The molecule has 2 aromatic heterocycles. The lowest BCUT2D eigenvalue weighted by Gasteiger charge is -2.10. The first-order valence-electron chi connectivity index (χ1n) is 9.87. The van der Waals surface area contributed by atoms with Crippen molar-refractivity contribution in [3.05, 3.63) is 90.8 Å². The second kappa shape index (κ2) is 9.05. The molecule has 0 fully saturated rings. The van der Waals surface area contributed by atoms with Crippen LogP contribution in [-0.2, 0) is 6.42 Å². The number of H-pyrrole nitrogens is 1. The number of carbonyl (C=O) groups excluding carboxylic acids is 1. The number of fused-ring (bicyclic) bond motifs is 1. The van der Waals surface area contributed by atoms with Crippen molar-refractivity contribution in [3.8, 4) is 11.4 Å². The van der Waals surface area contributed by atoms with Crippen LogP contribution >= 0.6 is 0 Å². The minimum Gasteiger partial charge on any atom is -0.370 e. The molecule has 0 atom stereocenters. The van der Waals surface area contributed by atoms with Gasteiger partial charge in [0.2, 0.25) is 0 Å². The third kappa shape index (κ3) is 4.38. The zero-order chi connectivity index (χ0) is 20.8. The van der Waals surface area contributed by atoms with Crippen LogP contribution in [0.2, 0.25) is 0 Å². The lowest BCUT2D eigenvalue weighted by molar-refractivity contribution is 0.0953. The molecule has 0 aliphatic heterocycles. The highest BCUT2D eigenvalue weighted by molar-refractivity contribution is 5.93. The SMILES string of the molecule is C=CCNC(=O)c1cc(NCCc2c[nH]c3ccccc23)nc(-c2ccccc2)n1. The molecule has 0 unspecified atom stereocenters. The van der Waals surface area contributed by atoms with Crippen molar-refractivity contribution in [2.45, 2.75) is 6.42 Å². The Bertz CT molecular complexity index is 1170. The van der Waals surface area contributed by atoms with Gasteiger partial charge in [-0.3, -0.25) is 4.79 Å². The molecule has 1 amide bonds. The van der Waals surface area contributed by atoms with Gasteiger partial charge in [-0.15, -0.1) is 6.58 Å². The number of nitrogens with zero attached hydrogens (tertiary/aromatic N) is 2. The summed E-state index contributed by atoms with van der Waals surface area (Å²) in [5.74, 6) is 0.873. The smallest absolute Gasteiger partial charge is 0.270 e. The minimum absolute atomic E-state index is 0.255. The number of rotatable bonds is 8. The lowest BCUT2D eigenvalue weighted by atomic mass is 10.1. The topological polar surface area (TPSA) is 82.7 Å². The Morgan fingerprint density at radius 2 is 1.87 bits per heavy atom. The van der Waals surface area contributed by atoms with Crippen molar-refractivity contribution in [3.63, 3.8) is 0 Å². The summed E-state index contributed by atoms with van der Waals surface area (Å²) >= 11 is 0. The van der Waals surface area contributed by atoms with E-state index in [0.29, 0.717) is 30.4 Å². The average molecular weight is 397 g/mol. The summed E-state index contributed by atoms with van der Waals surface area (Å²) in [5.41, 5.74) is 3.54. The van der Waals surface area contributed by atoms with Crippen molar-refractivity contribution < 1.29 is 4.79 Å². The fourth-order valence-corrected chi connectivity index (χ4v) is 3.29. The van der Waals surface area contributed by atoms with Crippen molar-refractivity contribution in [2.24, 2.45) is 0 Å². The first kappa shape index (κ1) is 19.4. The molecule has 0 saturated carbocycles. The van der Waals surface area contributed by atoms with E-state index in [9.17, 15) is 4.79 Å². The Hall–Kier alpha value is -3.93. The summed E-state index contributed by atoms with van der Waals surface area (Å²) < 4.78 is 0. The number of aromatic nitrogens is 3. The quantitative estimate of drug-likeness (QED) is 0.389. The van der Waals surface area contributed by atoms with Crippen LogP contribution in [0.15, 0.2) is 79.5 Å². The van der Waals surface area contributed by atoms with E-state index in [4.69, 9.17) is 0 Å². The summed E-state index contributed by atoms with van der Waals surface area (Å²) in [6.07, 6.45) is 4.50. The van der Waals surface area contributed by atoms with Gasteiger partial charge in [-0.05, 0) is 18.1 Å². The van der Waals surface area contributed by atoms with Gasteiger partial charge in [0.05, 0.1) is 0 Å². The third-order valence-electron chi connectivity index (χ3n) is 4.77. The fourth-order valence-electron chi connectivity index (χ4n) is 3.29. The number of hydrogen-bond acceptors (Lipinski definition) is 4. The maximum atomic E-state index is 12.5. The van der Waals surface area contributed by atoms with Crippen molar-refractivity contribution >= 4 is 22.6 Å². The van der Waals surface area contributed by atoms with E-state index in [0.717, 1.165) is 17.5 Å². The molecule has 0 aliphatic carbocycles. The molecule has 2 heterocycles. The molecule has 4 rings (SSSR count). The van der Waals surface area contributed by atoms with Gasteiger partial charge < -0.3 is 15.6 Å². The fraction of sp³-hybridized carbons (Fsp3) is 0.125. The van der Waals surface area contributed by atoms with Gasteiger partial charge in [0.15, 0.2) is 5.82 Å². The molecule has 30 heavy (non-hydrogen) atoms. The number of benzene rings is 2. The van der Waals surface area contributed by atoms with Crippen LogP contribution in [0, 0.1) is 0 Å². The molecule has 0 saturated heterocycles. The number of carbonyl (C=O) groups is 1. The molecule has 3 N–H and O–H groups in total. The lowest BCUT2D eigenvalue weighted by Crippen LogP contribution is -2.25. The molecular formula is C24H23N5O. The van der Waals surface area contributed by atoms with E-state index in [1.165, 1.54) is 10.9 Å². The zero-order valence-electron chi connectivity index (χ0n) is 16.6. The van der Waals surface area contributed by atoms with Crippen LogP contribution in [0.25, 0.3) is 22.3 Å². The van der Waals surface area contributed by atoms with Crippen LogP contribution in [0.5, 0.6) is 0 Å². The molecule has 0 radical (unpaired) electrons. The summed E-state index contributed by atoms with van der Waals surface area (Å²) in [5, 5.41) is 7.34. The second-order valence-corrected chi connectivity index (χ2v) is 6.86. The monoisotopic (exact) mass is 397 g/mol. The molecular weight excluding hydrogens is 374 g/mol. The van der Waals surface area contributed by atoms with Crippen LogP contribution in [0.1, 0.15) is 16.1 Å². The maximum Gasteiger partial charge on any atom is 0.270 e. The molecule has 6 nitrogen and oxygen atoms in total. The number of hydrogen-bond donors (Lipinski definition) is 3. The van der Waals surface area contributed by atoms with E-state index >= 15 is 0 Å². The van der Waals surface area contributed by atoms with Gasteiger partial charge in [0.1, 0.15) is 11.5 Å². The summed E-state index contributed by atoms with van der Waals surface area (Å²) in [6, 6.07) is 19.6. The number of amides is 1. The van der Waals surface area contributed by atoms with E-state index in [1.54, 1.807) is 12.1 Å². The Labute approximate surface area is 175 Å². The molecule has 6 heteroatoms. The molecule has 2 aromatic carbocycles. The van der Waals surface area contributed by atoms with Gasteiger partial charge in [0, 0.05) is 41.8 Å². The van der Waals surface area contributed by atoms with E-state index in [1.807, 2.05) is 48.7 Å². The van der Waals surface area contributed by atoms with E-state index in [2.05, 4.69) is 44.3 Å². The van der Waals surface area contributed by atoms with E-state index < -0.39 is 0 Å². The molecule has 0 spiro atoms. The molecule has 0 bridgehead atoms. The van der Waals surface area contributed by atoms with Crippen LogP contribution in [0.4, 0.5) is 5.82 Å². The Morgan fingerprint density at radius 3 is 2.70 bits per heavy atom. The Morgan fingerprint density at radius 1 is 1.07 bits per heavy atom. The summed E-state index contributed by atoms with van der Waals surface area (Å²) in [4.78, 5) is 24.8. The zero-order valence-corrected chi connectivity index (χ0v) is 16.6. The summed E-state index contributed by atoms with van der Waals surface area (Å²) in [7, 11) is 0. The Balaban J connectivity index is 1.55. The van der Waals surface area contributed by atoms with Gasteiger partial charge in [-0.25, -0.2) is 9.97 Å². The molecule has 4 aromatic rings. The van der Waals surface area contributed by atoms with Gasteiger partial charge in [-0.1, -0.05) is 54.6 Å². The van der Waals surface area contributed by atoms with Crippen molar-refractivity contribution in [2.75, 3.05) is 18.4 Å². The predicted octanol–water partition coefficient (Wildman–Crippen LogP) is 4.20. The molecule has 150 valence electrons. The van der Waals surface area contributed by atoms with Gasteiger partial charge >= 0.3 is 0 Å². The number of anilines is 1. The van der Waals surface area contributed by atoms with Gasteiger partial charge in [0.25, 0.3) is 5.91 Å². The number of nitrogens with one attached hydrogen (secondary N) is 3. The first-order valence-corrected chi connectivity index (χ1v) is 9.87. The van der Waals surface area contributed by atoms with Crippen LogP contribution in [-0.4, -0.2) is 33.9 Å². The Kier molecular flexibility index (Phi) is 5.85. The van der Waals surface area contributed by atoms with Crippen molar-refractivity contribution in [1.82, 2.24) is 20.3 Å². The average Bonchev–Trinajstić information content (AvgIpc) is 3.21. The minimum atomic E-state index is -0.255. The van der Waals surface area contributed by atoms with E-state index in [-0.39, 0.29) is 5.91 Å². The highest BCUT2D eigenvalue weighted by atomic mass is 16.1. The van der Waals surface area contributed by atoms with Crippen LogP contribution in [0.3, 0.4) is 0 Å². The third-order valence-corrected chi connectivity index (χ3v) is 4.77. The number of para-hydroxylation sites is 1. The molecule has 0 aliphatic rings. The summed E-state index contributed by atoms with van der Waals surface area (Å²) in [6.45, 7) is 4.70. The van der Waals surface area contributed by atoms with Crippen molar-refractivity contribution in [1.29, 1.82) is 0 Å². The maximum absolute atomic E-state index is 12.5. The second-order valence-electron chi connectivity index (χ2n) is 6.86. The van der Waals surface area contributed by atoms with Crippen LogP contribution < -0.4 is 10.6 Å².